The van der Waals surface area contributed by atoms with Crippen LogP contribution in [-0.2, 0) is 5.54 Å². The summed E-state index contributed by atoms with van der Waals surface area (Å²) in [5, 5.41) is 4.31. The van der Waals surface area contributed by atoms with E-state index in [0.29, 0.717) is 0 Å². The largest absolute Gasteiger partial charge is 0.321 e. The van der Waals surface area contributed by atoms with Gasteiger partial charge < -0.3 is 5.73 Å². The molecule has 1 saturated carbocycles. The van der Waals surface area contributed by atoms with E-state index in [-0.39, 0.29) is 5.54 Å². The van der Waals surface area contributed by atoms with Crippen LogP contribution in [0.1, 0.15) is 24.1 Å². The number of aromatic nitrogens is 3. The Morgan fingerprint density at radius 2 is 2.29 bits per heavy atom. The van der Waals surface area contributed by atoms with E-state index in [1.807, 2.05) is 25.4 Å². The number of hydrogen-bond acceptors (Lipinski definition) is 3. The average Bonchev–Trinajstić information content (AvgIpc) is 2.79. The maximum atomic E-state index is 6.08. The maximum absolute atomic E-state index is 6.08. The molecular weight excluding hydrogens is 176 g/mol. The van der Waals surface area contributed by atoms with Crippen molar-refractivity contribution in [1.82, 2.24) is 14.6 Å². The van der Waals surface area contributed by atoms with Crippen molar-refractivity contribution in [3.05, 3.63) is 29.7 Å². The van der Waals surface area contributed by atoms with Crippen molar-refractivity contribution in [3.8, 4) is 0 Å². The van der Waals surface area contributed by atoms with Crippen LogP contribution in [0.3, 0.4) is 0 Å². The SMILES string of the molecule is Cc1cc2ncc(C3(N)CC3)cn2n1. The molecule has 0 aromatic carbocycles. The van der Waals surface area contributed by atoms with Crippen molar-refractivity contribution in [1.29, 1.82) is 0 Å². The Kier molecular flexibility index (Phi) is 1.32. The molecule has 1 aliphatic rings. The van der Waals surface area contributed by atoms with Gasteiger partial charge in [-0.3, -0.25) is 0 Å². The Morgan fingerprint density at radius 3 is 3.00 bits per heavy atom. The molecular formula is C10H12N4. The molecule has 0 bridgehead atoms. The van der Waals surface area contributed by atoms with Gasteiger partial charge in [0.1, 0.15) is 0 Å². The summed E-state index contributed by atoms with van der Waals surface area (Å²) in [5.41, 5.74) is 8.92. The molecule has 1 aliphatic carbocycles. The molecule has 1 fully saturated rings. The summed E-state index contributed by atoms with van der Waals surface area (Å²) in [6, 6.07) is 1.96. The van der Waals surface area contributed by atoms with Crippen molar-refractivity contribution >= 4 is 5.65 Å². The van der Waals surface area contributed by atoms with Crippen molar-refractivity contribution in [2.75, 3.05) is 0 Å². The van der Waals surface area contributed by atoms with Gasteiger partial charge in [0, 0.05) is 29.6 Å². The summed E-state index contributed by atoms with van der Waals surface area (Å²) >= 11 is 0. The lowest BCUT2D eigenvalue weighted by molar-refractivity contribution is 0.718. The van der Waals surface area contributed by atoms with Crippen LogP contribution in [0.25, 0.3) is 5.65 Å². The van der Waals surface area contributed by atoms with E-state index in [4.69, 9.17) is 5.73 Å². The van der Waals surface area contributed by atoms with Gasteiger partial charge in [-0.05, 0) is 19.8 Å². The van der Waals surface area contributed by atoms with Crippen LogP contribution in [0.4, 0.5) is 0 Å². The highest BCUT2D eigenvalue weighted by molar-refractivity contribution is 5.40. The van der Waals surface area contributed by atoms with Crippen molar-refractivity contribution in [3.63, 3.8) is 0 Å². The summed E-state index contributed by atoms with van der Waals surface area (Å²) in [6.07, 6.45) is 5.96. The van der Waals surface area contributed by atoms with Gasteiger partial charge in [0.05, 0.1) is 5.69 Å². The van der Waals surface area contributed by atoms with Gasteiger partial charge in [-0.25, -0.2) is 9.50 Å². The van der Waals surface area contributed by atoms with E-state index in [0.717, 1.165) is 29.7 Å². The van der Waals surface area contributed by atoms with E-state index in [2.05, 4.69) is 10.1 Å². The van der Waals surface area contributed by atoms with Crippen molar-refractivity contribution < 1.29 is 0 Å². The standard InChI is InChI=1S/C10H12N4/c1-7-4-9-12-5-8(6-14(9)13-7)10(11)2-3-10/h4-6H,2-3,11H2,1H3. The molecule has 0 atom stereocenters. The van der Waals surface area contributed by atoms with Gasteiger partial charge >= 0.3 is 0 Å². The van der Waals surface area contributed by atoms with Crippen LogP contribution in [0.2, 0.25) is 0 Å². The topological polar surface area (TPSA) is 56.2 Å². The molecule has 0 saturated heterocycles. The zero-order valence-electron chi connectivity index (χ0n) is 8.07. The first-order valence-corrected chi connectivity index (χ1v) is 4.79. The molecule has 4 heteroatoms. The molecule has 2 aromatic rings. The van der Waals surface area contributed by atoms with E-state index in [1.54, 1.807) is 4.52 Å². The molecule has 4 nitrogen and oxygen atoms in total. The van der Waals surface area contributed by atoms with E-state index < -0.39 is 0 Å². The first-order chi connectivity index (χ1) is 6.67. The van der Waals surface area contributed by atoms with E-state index in [9.17, 15) is 0 Å². The zero-order valence-corrected chi connectivity index (χ0v) is 8.07. The molecule has 2 aromatic heterocycles. The van der Waals surface area contributed by atoms with Crippen LogP contribution >= 0.6 is 0 Å². The third kappa shape index (κ3) is 1.04. The second-order valence-electron chi connectivity index (χ2n) is 4.09. The quantitative estimate of drug-likeness (QED) is 0.726. The minimum absolute atomic E-state index is 0.124. The van der Waals surface area contributed by atoms with Gasteiger partial charge in [0.2, 0.25) is 0 Å². The fourth-order valence-corrected chi connectivity index (χ4v) is 1.68. The molecule has 0 radical (unpaired) electrons. The smallest absolute Gasteiger partial charge is 0.155 e. The Morgan fingerprint density at radius 1 is 1.50 bits per heavy atom. The van der Waals surface area contributed by atoms with Gasteiger partial charge in [-0.15, -0.1) is 0 Å². The minimum Gasteiger partial charge on any atom is -0.321 e. The van der Waals surface area contributed by atoms with Gasteiger partial charge in [0.25, 0.3) is 0 Å². The van der Waals surface area contributed by atoms with E-state index >= 15 is 0 Å². The lowest BCUT2D eigenvalue weighted by Crippen LogP contribution is -2.19. The third-order valence-corrected chi connectivity index (χ3v) is 2.80. The number of nitrogens with two attached hydrogens (primary N) is 1. The normalized spacial score (nSPS) is 18.7. The van der Waals surface area contributed by atoms with Crippen LogP contribution < -0.4 is 5.73 Å². The fourth-order valence-electron chi connectivity index (χ4n) is 1.68. The number of rotatable bonds is 1. The second-order valence-corrected chi connectivity index (χ2v) is 4.09. The number of hydrogen-bond donors (Lipinski definition) is 1. The lowest BCUT2D eigenvalue weighted by atomic mass is 10.1. The summed E-state index contributed by atoms with van der Waals surface area (Å²) in [6.45, 7) is 1.96. The summed E-state index contributed by atoms with van der Waals surface area (Å²) in [4.78, 5) is 4.33. The lowest BCUT2D eigenvalue weighted by Gasteiger charge is -2.07. The molecule has 72 valence electrons. The van der Waals surface area contributed by atoms with Crippen LogP contribution in [-0.4, -0.2) is 14.6 Å². The van der Waals surface area contributed by atoms with E-state index in [1.165, 1.54) is 0 Å². The Hall–Kier alpha value is -1.42. The first-order valence-electron chi connectivity index (χ1n) is 4.79. The van der Waals surface area contributed by atoms with Crippen LogP contribution in [0, 0.1) is 6.92 Å². The molecule has 2 N–H and O–H groups in total. The maximum Gasteiger partial charge on any atom is 0.155 e. The van der Waals surface area contributed by atoms with Gasteiger partial charge in [0.15, 0.2) is 5.65 Å². The predicted molar refractivity (Wildman–Crippen MR) is 52.8 cm³/mol. The second kappa shape index (κ2) is 2.33. The Labute approximate surface area is 81.8 Å². The molecule has 2 heterocycles. The first kappa shape index (κ1) is 7.94. The number of fused-ring (bicyclic) bond motifs is 1. The third-order valence-electron chi connectivity index (χ3n) is 2.80. The predicted octanol–water partition coefficient (Wildman–Crippen LogP) is 0.986. The molecule has 0 aliphatic heterocycles. The summed E-state index contributed by atoms with van der Waals surface area (Å²) in [7, 11) is 0. The van der Waals surface area contributed by atoms with Gasteiger partial charge in [-0.2, -0.15) is 5.10 Å². The van der Waals surface area contributed by atoms with Crippen molar-refractivity contribution in [2.24, 2.45) is 5.73 Å². The van der Waals surface area contributed by atoms with Crippen LogP contribution in [0.5, 0.6) is 0 Å². The minimum atomic E-state index is -0.124. The molecule has 0 unspecified atom stereocenters. The van der Waals surface area contributed by atoms with Crippen LogP contribution in [0.15, 0.2) is 18.5 Å². The highest BCUT2D eigenvalue weighted by atomic mass is 15.2. The average molecular weight is 188 g/mol. The highest BCUT2D eigenvalue weighted by Crippen LogP contribution is 2.42. The summed E-state index contributed by atoms with van der Waals surface area (Å²) < 4.78 is 1.80. The molecule has 14 heavy (non-hydrogen) atoms. The van der Waals surface area contributed by atoms with Crippen molar-refractivity contribution in [2.45, 2.75) is 25.3 Å². The molecule has 0 spiro atoms. The Bertz CT molecular complexity index is 496. The Balaban J connectivity index is 2.19. The molecule has 3 rings (SSSR count). The number of aryl methyl sites for hydroxylation is 1. The number of nitrogens with zero attached hydrogens (tertiary/aromatic N) is 3. The monoisotopic (exact) mass is 188 g/mol. The zero-order chi connectivity index (χ0) is 9.76. The highest BCUT2D eigenvalue weighted by Gasteiger charge is 2.40. The fraction of sp³-hybridized carbons (Fsp3) is 0.400. The van der Waals surface area contributed by atoms with Gasteiger partial charge in [-0.1, -0.05) is 0 Å². The summed E-state index contributed by atoms with van der Waals surface area (Å²) in [5.74, 6) is 0. The molecule has 0 amide bonds.